The maximum Gasteiger partial charge on any atom is 0.263 e. The summed E-state index contributed by atoms with van der Waals surface area (Å²) in [6.45, 7) is 0. The standard InChI is InChI=1S/C21H21N3O4S2/c1-28-17-6-2-15(3-7-17)14-21(10-11-21)23-19(25)16-4-8-18(9-5-16)30(26,27)24-20-22-12-13-29-20/h2-9,12-13H,10-11,14H2,1H3,(H,22,24)(H,23,25). The van der Waals surface area contributed by atoms with Crippen molar-refractivity contribution in [2.24, 2.45) is 0 Å². The Morgan fingerprint density at radius 1 is 1.13 bits per heavy atom. The van der Waals surface area contributed by atoms with Crippen LogP contribution in [0.1, 0.15) is 28.8 Å². The molecule has 0 radical (unpaired) electrons. The lowest BCUT2D eigenvalue weighted by atomic mass is 10.0. The van der Waals surface area contributed by atoms with Gasteiger partial charge in [-0.05, 0) is 61.2 Å². The van der Waals surface area contributed by atoms with Crippen LogP contribution < -0.4 is 14.8 Å². The highest BCUT2D eigenvalue weighted by atomic mass is 32.2. The van der Waals surface area contributed by atoms with Crippen molar-refractivity contribution in [1.29, 1.82) is 0 Å². The first-order valence-corrected chi connectivity index (χ1v) is 11.7. The molecule has 4 rings (SSSR count). The van der Waals surface area contributed by atoms with Gasteiger partial charge in [-0.3, -0.25) is 9.52 Å². The normalized spacial score (nSPS) is 14.7. The summed E-state index contributed by atoms with van der Waals surface area (Å²) in [5.41, 5.74) is 1.30. The van der Waals surface area contributed by atoms with E-state index in [-0.39, 0.29) is 16.3 Å². The Hall–Kier alpha value is -2.91. The predicted molar refractivity (Wildman–Crippen MR) is 115 cm³/mol. The quantitative estimate of drug-likeness (QED) is 0.556. The zero-order valence-corrected chi connectivity index (χ0v) is 17.9. The number of carbonyl (C=O) groups is 1. The van der Waals surface area contributed by atoms with Crippen LogP contribution in [0, 0.1) is 0 Å². The van der Waals surface area contributed by atoms with Gasteiger partial charge in [-0.15, -0.1) is 11.3 Å². The molecule has 1 aromatic heterocycles. The Kier molecular flexibility index (Phi) is 5.48. The third-order valence-corrected chi connectivity index (χ3v) is 7.19. The number of aromatic nitrogens is 1. The first-order valence-electron chi connectivity index (χ1n) is 9.37. The number of rotatable bonds is 8. The smallest absolute Gasteiger partial charge is 0.263 e. The predicted octanol–water partition coefficient (Wildman–Crippen LogP) is 3.46. The van der Waals surface area contributed by atoms with Crippen LogP contribution in [-0.2, 0) is 16.4 Å². The summed E-state index contributed by atoms with van der Waals surface area (Å²) in [5.74, 6) is 0.588. The number of ether oxygens (including phenoxy) is 1. The summed E-state index contributed by atoms with van der Waals surface area (Å²) in [6.07, 6.45) is 4.09. The number of nitrogens with zero attached hydrogens (tertiary/aromatic N) is 1. The minimum atomic E-state index is -3.74. The lowest BCUT2D eigenvalue weighted by Gasteiger charge is -2.18. The van der Waals surface area contributed by atoms with Gasteiger partial charge < -0.3 is 10.1 Å². The third kappa shape index (κ3) is 4.63. The highest BCUT2D eigenvalue weighted by molar-refractivity contribution is 7.93. The second-order valence-corrected chi connectivity index (χ2v) is 9.80. The van der Waals surface area contributed by atoms with Gasteiger partial charge in [0.15, 0.2) is 5.13 Å². The fourth-order valence-electron chi connectivity index (χ4n) is 3.18. The van der Waals surface area contributed by atoms with Gasteiger partial charge in [-0.2, -0.15) is 0 Å². The van der Waals surface area contributed by atoms with Crippen molar-refractivity contribution in [3.05, 3.63) is 71.2 Å². The largest absolute Gasteiger partial charge is 0.497 e. The molecule has 0 saturated heterocycles. The number of carbonyl (C=O) groups excluding carboxylic acids is 1. The summed E-state index contributed by atoms with van der Waals surface area (Å²) in [7, 11) is -2.11. The van der Waals surface area contributed by atoms with E-state index in [1.165, 1.54) is 41.8 Å². The zero-order valence-electron chi connectivity index (χ0n) is 16.3. The molecule has 156 valence electrons. The maximum atomic E-state index is 12.7. The van der Waals surface area contributed by atoms with E-state index < -0.39 is 10.0 Å². The van der Waals surface area contributed by atoms with Gasteiger partial charge in [0.1, 0.15) is 5.75 Å². The molecule has 0 aliphatic heterocycles. The van der Waals surface area contributed by atoms with E-state index in [1.54, 1.807) is 12.5 Å². The Labute approximate surface area is 179 Å². The highest BCUT2D eigenvalue weighted by Crippen LogP contribution is 2.39. The Morgan fingerprint density at radius 3 is 2.40 bits per heavy atom. The second-order valence-electron chi connectivity index (χ2n) is 7.23. The van der Waals surface area contributed by atoms with E-state index in [0.717, 1.165) is 30.6 Å². The van der Waals surface area contributed by atoms with Crippen LogP contribution in [-0.4, -0.2) is 32.0 Å². The van der Waals surface area contributed by atoms with E-state index in [9.17, 15) is 13.2 Å². The van der Waals surface area contributed by atoms with Crippen molar-refractivity contribution in [2.45, 2.75) is 29.7 Å². The number of hydrogen-bond acceptors (Lipinski definition) is 6. The number of hydrogen-bond donors (Lipinski definition) is 2. The average molecular weight is 444 g/mol. The number of benzene rings is 2. The number of thiazole rings is 1. The third-order valence-electron chi connectivity index (χ3n) is 5.01. The Bertz CT molecular complexity index is 1120. The van der Waals surface area contributed by atoms with Gasteiger partial charge in [0.25, 0.3) is 15.9 Å². The summed E-state index contributed by atoms with van der Waals surface area (Å²) >= 11 is 1.20. The summed E-state index contributed by atoms with van der Waals surface area (Å²) in [4.78, 5) is 16.7. The fraction of sp³-hybridized carbons (Fsp3) is 0.238. The molecular formula is C21H21N3O4S2. The molecule has 3 aromatic rings. The Balaban J connectivity index is 1.41. The number of sulfonamides is 1. The molecule has 1 aliphatic rings. The maximum absolute atomic E-state index is 12.7. The minimum Gasteiger partial charge on any atom is -0.497 e. The van der Waals surface area contributed by atoms with Crippen LogP contribution in [0.3, 0.4) is 0 Å². The molecule has 7 nitrogen and oxygen atoms in total. The number of amides is 1. The highest BCUT2D eigenvalue weighted by Gasteiger charge is 2.44. The average Bonchev–Trinajstić information content (AvgIpc) is 3.29. The first kappa shape index (κ1) is 20.4. The molecule has 1 fully saturated rings. The van der Waals surface area contributed by atoms with E-state index in [1.807, 2.05) is 24.3 Å². The number of methoxy groups -OCH3 is 1. The van der Waals surface area contributed by atoms with E-state index in [0.29, 0.717) is 10.7 Å². The van der Waals surface area contributed by atoms with Gasteiger partial charge in [0.2, 0.25) is 0 Å². The topological polar surface area (TPSA) is 97.4 Å². The summed E-state index contributed by atoms with van der Waals surface area (Å²) < 4.78 is 32.4. The lowest BCUT2D eigenvalue weighted by Crippen LogP contribution is -2.38. The molecule has 0 unspecified atom stereocenters. The minimum absolute atomic E-state index is 0.0774. The Morgan fingerprint density at radius 2 is 1.83 bits per heavy atom. The van der Waals surface area contributed by atoms with Crippen LogP contribution in [0.25, 0.3) is 0 Å². The van der Waals surface area contributed by atoms with E-state index in [2.05, 4.69) is 15.0 Å². The summed E-state index contributed by atoms with van der Waals surface area (Å²) in [6, 6.07) is 13.7. The van der Waals surface area contributed by atoms with Crippen molar-refractivity contribution in [3.8, 4) is 5.75 Å². The van der Waals surface area contributed by atoms with Crippen LogP contribution in [0.15, 0.2) is 65.0 Å². The fourth-order valence-corrected chi connectivity index (χ4v) is 4.97. The molecule has 0 spiro atoms. The van der Waals surface area contributed by atoms with E-state index >= 15 is 0 Å². The van der Waals surface area contributed by atoms with Crippen molar-refractivity contribution >= 4 is 32.4 Å². The summed E-state index contributed by atoms with van der Waals surface area (Å²) in [5, 5.41) is 5.09. The van der Waals surface area contributed by atoms with E-state index in [4.69, 9.17) is 4.74 Å². The van der Waals surface area contributed by atoms with Gasteiger partial charge in [-0.1, -0.05) is 12.1 Å². The van der Waals surface area contributed by atoms with Crippen molar-refractivity contribution in [3.63, 3.8) is 0 Å². The molecule has 1 aliphatic carbocycles. The van der Waals surface area contributed by atoms with Crippen molar-refractivity contribution in [1.82, 2.24) is 10.3 Å². The van der Waals surface area contributed by atoms with Gasteiger partial charge in [0, 0.05) is 22.7 Å². The van der Waals surface area contributed by atoms with Crippen LogP contribution >= 0.6 is 11.3 Å². The molecule has 1 saturated carbocycles. The van der Waals surface area contributed by atoms with Gasteiger partial charge in [0.05, 0.1) is 12.0 Å². The SMILES string of the molecule is COc1ccc(CC2(NC(=O)c3ccc(S(=O)(=O)Nc4nccs4)cc3)CC2)cc1. The molecule has 2 N–H and O–H groups in total. The molecule has 30 heavy (non-hydrogen) atoms. The van der Waals surface area contributed by atoms with Crippen molar-refractivity contribution < 1.29 is 17.9 Å². The molecule has 1 amide bonds. The molecule has 1 heterocycles. The second kappa shape index (κ2) is 8.08. The number of nitrogens with one attached hydrogen (secondary N) is 2. The monoisotopic (exact) mass is 443 g/mol. The van der Waals surface area contributed by atoms with Crippen LogP contribution in [0.2, 0.25) is 0 Å². The molecule has 0 bridgehead atoms. The lowest BCUT2D eigenvalue weighted by molar-refractivity contribution is 0.0931. The number of anilines is 1. The molecule has 9 heteroatoms. The molecular weight excluding hydrogens is 422 g/mol. The van der Waals surface area contributed by atoms with Crippen LogP contribution in [0.4, 0.5) is 5.13 Å². The van der Waals surface area contributed by atoms with Gasteiger partial charge >= 0.3 is 0 Å². The van der Waals surface area contributed by atoms with Crippen LogP contribution in [0.5, 0.6) is 5.75 Å². The van der Waals surface area contributed by atoms with Gasteiger partial charge in [-0.25, -0.2) is 13.4 Å². The molecule has 0 atom stereocenters. The zero-order chi connectivity index (χ0) is 21.2. The first-order chi connectivity index (χ1) is 14.4. The molecule has 2 aromatic carbocycles. The van der Waals surface area contributed by atoms with Crippen molar-refractivity contribution in [2.75, 3.05) is 11.8 Å².